The number of pyridine rings is 1. The molecule has 2 rings (SSSR count). The number of anilines is 3. The number of carbonyl (C=O) groups is 1. The first-order valence-electron chi connectivity index (χ1n) is 5.34. The number of nitrogen functional groups attached to an aromatic ring is 1. The first-order chi connectivity index (χ1) is 8.72. The summed E-state index contributed by atoms with van der Waals surface area (Å²) in [4.78, 5) is 14.7. The molecule has 5 nitrogen and oxygen atoms in total. The summed E-state index contributed by atoms with van der Waals surface area (Å²) in [5, 5.41) is 3.07. The van der Waals surface area contributed by atoms with Crippen LogP contribution in [0.15, 0.2) is 36.5 Å². The maximum absolute atomic E-state index is 10.6. The standard InChI is InChI=1S/C13H13N3O2/c1-18-11-4-2-10(3-5-11)16-13-12(14)6-9(8-17)7-15-13/h2-8H,14H2,1H3,(H,15,16). The predicted molar refractivity (Wildman–Crippen MR) is 70.3 cm³/mol. The van der Waals surface area contributed by atoms with Gasteiger partial charge in [-0.1, -0.05) is 0 Å². The number of aromatic nitrogens is 1. The highest BCUT2D eigenvalue weighted by Crippen LogP contribution is 2.22. The number of benzene rings is 1. The van der Waals surface area contributed by atoms with Crippen LogP contribution in [0, 0.1) is 0 Å². The molecule has 0 amide bonds. The van der Waals surface area contributed by atoms with E-state index in [2.05, 4.69) is 10.3 Å². The number of hydrogen-bond donors (Lipinski definition) is 2. The van der Waals surface area contributed by atoms with Gasteiger partial charge in [0.1, 0.15) is 5.75 Å². The van der Waals surface area contributed by atoms with Crippen LogP contribution in [0.2, 0.25) is 0 Å². The summed E-state index contributed by atoms with van der Waals surface area (Å²) >= 11 is 0. The maximum atomic E-state index is 10.6. The van der Waals surface area contributed by atoms with Gasteiger partial charge in [0.05, 0.1) is 12.8 Å². The van der Waals surface area contributed by atoms with Crippen molar-refractivity contribution in [2.24, 2.45) is 0 Å². The van der Waals surface area contributed by atoms with Gasteiger partial charge in [0, 0.05) is 17.4 Å². The summed E-state index contributed by atoms with van der Waals surface area (Å²) < 4.78 is 5.07. The number of hydrogen-bond acceptors (Lipinski definition) is 5. The van der Waals surface area contributed by atoms with Crippen LogP contribution >= 0.6 is 0 Å². The largest absolute Gasteiger partial charge is 0.497 e. The van der Waals surface area contributed by atoms with Crippen LogP contribution in [0.25, 0.3) is 0 Å². The second-order valence-corrected chi connectivity index (χ2v) is 3.68. The molecule has 0 aliphatic heterocycles. The number of aldehydes is 1. The molecule has 18 heavy (non-hydrogen) atoms. The zero-order chi connectivity index (χ0) is 13.0. The molecule has 0 bridgehead atoms. The average molecular weight is 243 g/mol. The predicted octanol–water partition coefficient (Wildman–Crippen LogP) is 2.23. The third-order valence-electron chi connectivity index (χ3n) is 2.43. The Kier molecular flexibility index (Phi) is 3.43. The Bertz CT molecular complexity index is 553. The molecular formula is C13H13N3O2. The molecular weight excluding hydrogens is 230 g/mol. The molecule has 3 N–H and O–H groups in total. The van der Waals surface area contributed by atoms with E-state index in [9.17, 15) is 4.79 Å². The highest BCUT2D eigenvalue weighted by Gasteiger charge is 2.03. The van der Waals surface area contributed by atoms with Gasteiger partial charge in [0.2, 0.25) is 0 Å². The number of nitrogens with one attached hydrogen (secondary N) is 1. The Morgan fingerprint density at radius 1 is 1.33 bits per heavy atom. The normalized spacial score (nSPS) is 9.83. The fourth-order valence-corrected chi connectivity index (χ4v) is 1.48. The SMILES string of the molecule is COc1ccc(Nc2ncc(C=O)cc2N)cc1. The highest BCUT2D eigenvalue weighted by atomic mass is 16.5. The van der Waals surface area contributed by atoms with Crippen LogP contribution < -0.4 is 15.8 Å². The second-order valence-electron chi connectivity index (χ2n) is 3.68. The Balaban J connectivity index is 2.19. The lowest BCUT2D eigenvalue weighted by atomic mass is 10.2. The van der Waals surface area contributed by atoms with Crippen LogP contribution in [-0.2, 0) is 0 Å². The van der Waals surface area contributed by atoms with Crippen molar-refractivity contribution < 1.29 is 9.53 Å². The average Bonchev–Trinajstić information content (AvgIpc) is 2.42. The zero-order valence-corrected chi connectivity index (χ0v) is 9.88. The van der Waals surface area contributed by atoms with E-state index >= 15 is 0 Å². The van der Waals surface area contributed by atoms with Gasteiger partial charge in [-0.2, -0.15) is 0 Å². The van der Waals surface area contributed by atoms with Crippen LogP contribution in [0.3, 0.4) is 0 Å². The molecule has 0 saturated carbocycles. The van der Waals surface area contributed by atoms with Gasteiger partial charge >= 0.3 is 0 Å². The fourth-order valence-electron chi connectivity index (χ4n) is 1.48. The smallest absolute Gasteiger partial charge is 0.153 e. The van der Waals surface area contributed by atoms with Crippen molar-refractivity contribution in [3.05, 3.63) is 42.1 Å². The summed E-state index contributed by atoms with van der Waals surface area (Å²) in [6.45, 7) is 0. The minimum atomic E-state index is 0.426. The molecule has 1 aromatic heterocycles. The first-order valence-corrected chi connectivity index (χ1v) is 5.34. The summed E-state index contributed by atoms with van der Waals surface area (Å²) in [5.41, 5.74) is 7.51. The van der Waals surface area contributed by atoms with Crippen LogP contribution in [0.5, 0.6) is 5.75 Å². The number of ether oxygens (including phenoxy) is 1. The molecule has 92 valence electrons. The highest BCUT2D eigenvalue weighted by molar-refractivity contribution is 5.79. The quantitative estimate of drug-likeness (QED) is 0.805. The van der Waals surface area contributed by atoms with Crippen LogP contribution in [-0.4, -0.2) is 18.4 Å². The molecule has 0 saturated heterocycles. The molecule has 0 atom stereocenters. The number of rotatable bonds is 4. The lowest BCUT2D eigenvalue weighted by Crippen LogP contribution is -2.00. The van der Waals surface area contributed by atoms with E-state index in [0.29, 0.717) is 23.4 Å². The summed E-state index contributed by atoms with van der Waals surface area (Å²) in [6, 6.07) is 8.95. The summed E-state index contributed by atoms with van der Waals surface area (Å²) in [7, 11) is 1.61. The van der Waals surface area contributed by atoms with E-state index in [1.54, 1.807) is 13.2 Å². The van der Waals surface area contributed by atoms with Crippen molar-refractivity contribution in [2.45, 2.75) is 0 Å². The van der Waals surface area contributed by atoms with Gasteiger partial charge in [0.25, 0.3) is 0 Å². The lowest BCUT2D eigenvalue weighted by molar-refractivity contribution is 0.112. The van der Waals surface area contributed by atoms with E-state index in [1.165, 1.54) is 6.20 Å². The van der Waals surface area contributed by atoms with Crippen molar-refractivity contribution in [3.8, 4) is 5.75 Å². The van der Waals surface area contributed by atoms with E-state index in [4.69, 9.17) is 10.5 Å². The Morgan fingerprint density at radius 2 is 2.06 bits per heavy atom. The van der Waals surface area contributed by atoms with E-state index in [-0.39, 0.29) is 0 Å². The molecule has 0 aliphatic rings. The van der Waals surface area contributed by atoms with Crippen molar-refractivity contribution in [1.82, 2.24) is 4.98 Å². The molecule has 5 heteroatoms. The zero-order valence-electron chi connectivity index (χ0n) is 9.88. The number of nitrogens with zero attached hydrogens (tertiary/aromatic N) is 1. The van der Waals surface area contributed by atoms with Crippen molar-refractivity contribution in [2.75, 3.05) is 18.2 Å². The van der Waals surface area contributed by atoms with E-state index < -0.39 is 0 Å². The van der Waals surface area contributed by atoms with Gasteiger partial charge in [-0.15, -0.1) is 0 Å². The molecule has 2 aromatic rings. The molecule has 0 aliphatic carbocycles. The Hall–Kier alpha value is -2.56. The van der Waals surface area contributed by atoms with Crippen molar-refractivity contribution in [1.29, 1.82) is 0 Å². The molecule has 0 fully saturated rings. The van der Waals surface area contributed by atoms with Gasteiger partial charge < -0.3 is 15.8 Å². The first kappa shape index (κ1) is 11.9. The monoisotopic (exact) mass is 243 g/mol. The maximum Gasteiger partial charge on any atom is 0.153 e. The van der Waals surface area contributed by atoms with Crippen molar-refractivity contribution >= 4 is 23.5 Å². The Morgan fingerprint density at radius 3 is 2.61 bits per heavy atom. The fraction of sp³-hybridized carbons (Fsp3) is 0.0769. The van der Waals surface area contributed by atoms with Crippen LogP contribution in [0.1, 0.15) is 10.4 Å². The van der Waals surface area contributed by atoms with Crippen molar-refractivity contribution in [3.63, 3.8) is 0 Å². The molecule has 0 radical (unpaired) electrons. The molecule has 1 aromatic carbocycles. The lowest BCUT2D eigenvalue weighted by Gasteiger charge is -2.09. The molecule has 0 spiro atoms. The summed E-state index contributed by atoms with van der Waals surface area (Å²) in [6.07, 6.45) is 2.18. The van der Waals surface area contributed by atoms with Gasteiger partial charge in [-0.25, -0.2) is 4.98 Å². The third kappa shape index (κ3) is 2.57. The number of methoxy groups -OCH3 is 1. The molecule has 0 unspecified atom stereocenters. The summed E-state index contributed by atoms with van der Waals surface area (Å²) in [5.74, 6) is 1.29. The van der Waals surface area contributed by atoms with E-state index in [0.717, 1.165) is 11.4 Å². The van der Waals surface area contributed by atoms with Crippen LogP contribution in [0.4, 0.5) is 17.2 Å². The Labute approximate surface area is 105 Å². The topological polar surface area (TPSA) is 77.2 Å². The number of nitrogens with two attached hydrogens (primary N) is 1. The minimum Gasteiger partial charge on any atom is -0.497 e. The van der Waals surface area contributed by atoms with Gasteiger partial charge in [0.15, 0.2) is 12.1 Å². The van der Waals surface area contributed by atoms with E-state index in [1.807, 2.05) is 24.3 Å². The van der Waals surface area contributed by atoms with Gasteiger partial charge in [-0.3, -0.25) is 4.79 Å². The minimum absolute atomic E-state index is 0.426. The van der Waals surface area contributed by atoms with Gasteiger partial charge in [-0.05, 0) is 30.3 Å². The molecule has 1 heterocycles. The third-order valence-corrected chi connectivity index (χ3v) is 2.43. The number of carbonyl (C=O) groups excluding carboxylic acids is 1. The second kappa shape index (κ2) is 5.18.